The second-order valence-corrected chi connectivity index (χ2v) is 3.87. The van der Waals surface area contributed by atoms with E-state index >= 15 is 0 Å². The van der Waals surface area contributed by atoms with Crippen LogP contribution in [0.1, 0.15) is 5.56 Å². The van der Waals surface area contributed by atoms with Crippen LogP contribution in [0.5, 0.6) is 0 Å². The number of carbonyl (C=O) groups is 1. The molecule has 0 aromatic heterocycles. The van der Waals surface area contributed by atoms with E-state index in [9.17, 15) is 14.9 Å². The van der Waals surface area contributed by atoms with Crippen molar-refractivity contribution in [2.75, 3.05) is 18.4 Å². The molecule has 0 aliphatic carbocycles. The molecule has 1 amide bonds. The van der Waals surface area contributed by atoms with Crippen LogP contribution < -0.4 is 10.6 Å². The van der Waals surface area contributed by atoms with Gasteiger partial charge >= 0.3 is 0 Å². The van der Waals surface area contributed by atoms with E-state index in [1.165, 1.54) is 12.1 Å². The quantitative estimate of drug-likeness (QED) is 0.612. The van der Waals surface area contributed by atoms with E-state index in [-0.39, 0.29) is 17.4 Å². The highest BCUT2D eigenvalue weighted by Gasteiger charge is 2.17. The van der Waals surface area contributed by atoms with E-state index in [1.807, 2.05) is 0 Å². The molecule has 0 saturated carbocycles. The number of amides is 1. The van der Waals surface area contributed by atoms with Crippen LogP contribution >= 0.6 is 0 Å². The lowest BCUT2D eigenvalue weighted by Gasteiger charge is -2.08. The summed E-state index contributed by atoms with van der Waals surface area (Å²) in [5.74, 6) is -0.114. The van der Waals surface area contributed by atoms with Gasteiger partial charge in [-0.05, 0) is 12.5 Å². The number of hydrogen-bond acceptors (Lipinski definition) is 5. The Hall–Kier alpha value is -2.44. The summed E-state index contributed by atoms with van der Waals surface area (Å²) >= 11 is 0. The minimum absolute atomic E-state index is 0.0581. The third-order valence-corrected chi connectivity index (χ3v) is 2.57. The Morgan fingerprint density at radius 2 is 2.33 bits per heavy atom. The molecule has 94 valence electrons. The van der Waals surface area contributed by atoms with Gasteiger partial charge in [0.15, 0.2) is 5.84 Å². The zero-order chi connectivity index (χ0) is 13.1. The highest BCUT2D eigenvalue weighted by molar-refractivity contribution is 6.42. The molecule has 0 spiro atoms. The van der Waals surface area contributed by atoms with Gasteiger partial charge in [-0.15, -0.1) is 0 Å². The molecule has 0 radical (unpaired) electrons. The Morgan fingerprint density at radius 3 is 2.94 bits per heavy atom. The fourth-order valence-corrected chi connectivity index (χ4v) is 1.59. The van der Waals surface area contributed by atoms with Gasteiger partial charge < -0.3 is 10.6 Å². The van der Waals surface area contributed by atoms with Crippen molar-refractivity contribution in [2.45, 2.75) is 6.92 Å². The van der Waals surface area contributed by atoms with Crippen LogP contribution in [0.25, 0.3) is 0 Å². The lowest BCUT2D eigenvalue weighted by molar-refractivity contribution is -0.384. The molecule has 0 saturated heterocycles. The minimum Gasteiger partial charge on any atom is -0.364 e. The van der Waals surface area contributed by atoms with Crippen molar-refractivity contribution in [3.05, 3.63) is 33.9 Å². The van der Waals surface area contributed by atoms with Crippen molar-refractivity contribution in [3.8, 4) is 0 Å². The van der Waals surface area contributed by atoms with Crippen LogP contribution in [0.2, 0.25) is 0 Å². The fraction of sp³-hybridized carbons (Fsp3) is 0.273. The summed E-state index contributed by atoms with van der Waals surface area (Å²) in [4.78, 5) is 25.9. The van der Waals surface area contributed by atoms with E-state index < -0.39 is 4.92 Å². The molecule has 0 bridgehead atoms. The molecule has 1 aromatic carbocycles. The number of hydrogen-bond donors (Lipinski definition) is 2. The predicted molar refractivity (Wildman–Crippen MR) is 66.8 cm³/mol. The third kappa shape index (κ3) is 2.45. The first-order valence-corrected chi connectivity index (χ1v) is 5.42. The van der Waals surface area contributed by atoms with Crippen molar-refractivity contribution in [1.82, 2.24) is 5.32 Å². The number of rotatable bonds is 3. The molecule has 2 rings (SSSR count). The number of aliphatic imine (C=N–C) groups is 1. The fourth-order valence-electron chi connectivity index (χ4n) is 1.59. The van der Waals surface area contributed by atoms with Gasteiger partial charge in [0.1, 0.15) is 0 Å². The average molecular weight is 248 g/mol. The molecule has 1 aromatic rings. The highest BCUT2D eigenvalue weighted by atomic mass is 16.6. The van der Waals surface area contributed by atoms with E-state index in [2.05, 4.69) is 15.6 Å². The van der Waals surface area contributed by atoms with Gasteiger partial charge in [0, 0.05) is 18.7 Å². The van der Waals surface area contributed by atoms with Gasteiger partial charge in [-0.2, -0.15) is 0 Å². The first-order valence-electron chi connectivity index (χ1n) is 5.42. The summed E-state index contributed by atoms with van der Waals surface area (Å²) in [6, 6.07) is 4.33. The molecule has 1 aliphatic rings. The lowest BCUT2D eigenvalue weighted by Crippen LogP contribution is -2.32. The summed E-state index contributed by atoms with van der Waals surface area (Å²) in [6.45, 7) is 2.97. The van der Waals surface area contributed by atoms with Gasteiger partial charge in [-0.1, -0.05) is 6.07 Å². The Bertz CT molecular complexity index is 539. The van der Waals surface area contributed by atoms with Crippen molar-refractivity contribution in [3.63, 3.8) is 0 Å². The number of nitro groups is 1. The molecular weight excluding hydrogens is 236 g/mol. The van der Waals surface area contributed by atoms with Crippen LogP contribution in [0, 0.1) is 17.0 Å². The number of carbonyl (C=O) groups excluding carboxylic acids is 1. The topological polar surface area (TPSA) is 96.6 Å². The van der Waals surface area contributed by atoms with E-state index in [4.69, 9.17) is 0 Å². The molecule has 0 unspecified atom stereocenters. The summed E-state index contributed by atoms with van der Waals surface area (Å²) in [6.07, 6.45) is 0. The van der Waals surface area contributed by atoms with Gasteiger partial charge in [0.05, 0.1) is 17.2 Å². The van der Waals surface area contributed by atoms with Crippen LogP contribution in [0.3, 0.4) is 0 Å². The van der Waals surface area contributed by atoms with Crippen LogP contribution in [0.4, 0.5) is 11.4 Å². The highest BCUT2D eigenvalue weighted by Crippen LogP contribution is 2.21. The van der Waals surface area contributed by atoms with Gasteiger partial charge in [-0.3, -0.25) is 19.9 Å². The van der Waals surface area contributed by atoms with Crippen LogP contribution in [0.15, 0.2) is 23.2 Å². The second kappa shape index (κ2) is 4.82. The summed E-state index contributed by atoms with van der Waals surface area (Å²) in [5.41, 5.74) is 1.12. The Morgan fingerprint density at radius 1 is 1.56 bits per heavy atom. The molecule has 0 atom stereocenters. The molecule has 1 aliphatic heterocycles. The standard InChI is InChI=1S/C11H12N4O3/c1-7-2-3-8(15(17)18)6-9(7)14-11(16)10-12-4-5-13-10/h2-3,6H,4-5H2,1H3,(H,12,13)(H,14,16). The first kappa shape index (κ1) is 12.0. The van der Waals surface area contributed by atoms with Crippen molar-refractivity contribution >= 4 is 23.1 Å². The number of nitrogens with zero attached hydrogens (tertiary/aromatic N) is 2. The van der Waals surface area contributed by atoms with Gasteiger partial charge in [-0.25, -0.2) is 0 Å². The SMILES string of the molecule is Cc1ccc([N+](=O)[O-])cc1NC(=O)C1=NCCN1. The second-order valence-electron chi connectivity index (χ2n) is 3.87. The molecule has 0 fully saturated rings. The Balaban J connectivity index is 2.20. The maximum atomic E-state index is 11.8. The van der Waals surface area contributed by atoms with Crippen LogP contribution in [-0.2, 0) is 4.79 Å². The summed E-state index contributed by atoms with van der Waals surface area (Å²) in [7, 11) is 0. The van der Waals surface area contributed by atoms with Crippen molar-refractivity contribution < 1.29 is 9.72 Å². The smallest absolute Gasteiger partial charge is 0.290 e. The monoisotopic (exact) mass is 248 g/mol. The van der Waals surface area contributed by atoms with Crippen LogP contribution in [-0.4, -0.2) is 29.8 Å². The Labute approximate surface area is 103 Å². The van der Waals surface area contributed by atoms with Crippen molar-refractivity contribution in [1.29, 1.82) is 0 Å². The molecule has 18 heavy (non-hydrogen) atoms. The molecular formula is C11H12N4O3. The average Bonchev–Trinajstić information content (AvgIpc) is 2.85. The zero-order valence-electron chi connectivity index (χ0n) is 9.77. The van der Waals surface area contributed by atoms with E-state index in [0.29, 0.717) is 18.8 Å². The number of benzene rings is 1. The zero-order valence-corrected chi connectivity index (χ0v) is 9.77. The Kier molecular flexibility index (Phi) is 3.22. The maximum Gasteiger partial charge on any atom is 0.290 e. The number of non-ortho nitro benzene ring substituents is 1. The number of amidine groups is 1. The molecule has 1 heterocycles. The number of aryl methyl sites for hydroxylation is 1. The molecule has 7 nitrogen and oxygen atoms in total. The molecule has 2 N–H and O–H groups in total. The third-order valence-electron chi connectivity index (χ3n) is 2.57. The van der Waals surface area contributed by atoms with E-state index in [1.54, 1.807) is 13.0 Å². The lowest BCUT2D eigenvalue weighted by atomic mass is 10.2. The normalized spacial score (nSPS) is 13.7. The number of nitro benzene ring substituents is 1. The maximum absolute atomic E-state index is 11.8. The first-order chi connectivity index (χ1) is 8.58. The summed E-state index contributed by atoms with van der Waals surface area (Å²) < 4.78 is 0. The minimum atomic E-state index is -0.500. The van der Waals surface area contributed by atoms with Crippen molar-refractivity contribution in [2.24, 2.45) is 4.99 Å². The number of anilines is 1. The van der Waals surface area contributed by atoms with Gasteiger partial charge in [0.2, 0.25) is 0 Å². The summed E-state index contributed by atoms with van der Waals surface area (Å²) in [5, 5.41) is 16.1. The van der Waals surface area contributed by atoms with Gasteiger partial charge in [0.25, 0.3) is 11.6 Å². The predicted octanol–water partition coefficient (Wildman–Crippen LogP) is 0.843. The van der Waals surface area contributed by atoms with E-state index in [0.717, 1.165) is 5.56 Å². The molecule has 7 heteroatoms. The number of nitrogens with one attached hydrogen (secondary N) is 2. The largest absolute Gasteiger partial charge is 0.364 e.